The third kappa shape index (κ3) is 8.09. The second kappa shape index (κ2) is 12.5. The second-order valence-corrected chi connectivity index (χ2v) is 11.1. The van der Waals surface area contributed by atoms with E-state index in [1.54, 1.807) is 12.1 Å². The van der Waals surface area contributed by atoms with Gasteiger partial charge in [0.2, 0.25) is 11.8 Å². The minimum Gasteiger partial charge on any atom is -0.542 e. The van der Waals surface area contributed by atoms with Gasteiger partial charge in [-0.3, -0.25) is 9.88 Å². The number of nitrogens with zero attached hydrogens (tertiary/aromatic N) is 5. The molecule has 0 saturated heterocycles. The van der Waals surface area contributed by atoms with Gasteiger partial charge in [0, 0.05) is 19.0 Å². The lowest BCUT2D eigenvalue weighted by atomic mass is 9.98. The molecule has 3 aromatic rings. The molecular formula is C24H24F5N6O6S-. The lowest BCUT2D eigenvalue weighted by molar-refractivity contribution is -0.344. The molecular weight excluding hydrogens is 595 g/mol. The van der Waals surface area contributed by atoms with E-state index in [1.165, 1.54) is 12.4 Å². The molecule has 1 saturated carbocycles. The molecule has 0 radical (unpaired) electrons. The Morgan fingerprint density at radius 1 is 1.21 bits per heavy atom. The predicted octanol–water partition coefficient (Wildman–Crippen LogP) is 2.60. The number of alkyl halides is 5. The molecule has 2 aromatic heterocycles. The first-order valence-electron chi connectivity index (χ1n) is 12.5. The number of aromatic nitrogens is 4. The van der Waals surface area contributed by atoms with Crippen LogP contribution in [0.1, 0.15) is 54.4 Å². The highest BCUT2D eigenvalue weighted by Crippen LogP contribution is 2.39. The molecule has 1 aliphatic heterocycles. The largest absolute Gasteiger partial charge is 0.542 e. The first kappa shape index (κ1) is 31.0. The average molecular weight is 620 g/mol. The number of hydrogen-bond acceptors (Lipinski definition) is 11. The summed E-state index contributed by atoms with van der Waals surface area (Å²) < 4.78 is 94.4. The van der Waals surface area contributed by atoms with Crippen molar-refractivity contribution in [1.29, 1.82) is 0 Å². The molecule has 2 aliphatic rings. The summed E-state index contributed by atoms with van der Waals surface area (Å²) >= 11 is 0. The van der Waals surface area contributed by atoms with Crippen LogP contribution < -0.4 is 14.6 Å². The van der Waals surface area contributed by atoms with Crippen LogP contribution in [0, 0.1) is 0 Å². The number of ether oxygens (including phenoxy) is 1. The summed E-state index contributed by atoms with van der Waals surface area (Å²) in [6.45, 7) is 2.49. The van der Waals surface area contributed by atoms with Crippen molar-refractivity contribution in [1.82, 2.24) is 25.0 Å². The van der Waals surface area contributed by atoms with Crippen molar-refractivity contribution in [3.05, 3.63) is 53.3 Å². The fourth-order valence-corrected chi connectivity index (χ4v) is 4.94. The van der Waals surface area contributed by atoms with Crippen LogP contribution in [0.5, 0.6) is 5.88 Å². The molecule has 1 aliphatic carbocycles. The molecule has 228 valence electrons. The van der Waals surface area contributed by atoms with E-state index in [4.69, 9.17) is 19.2 Å². The van der Waals surface area contributed by atoms with Gasteiger partial charge in [-0.2, -0.15) is 18.2 Å². The summed E-state index contributed by atoms with van der Waals surface area (Å²) in [5, 5.41) is 12.5. The van der Waals surface area contributed by atoms with Crippen LogP contribution in [0.3, 0.4) is 0 Å². The molecule has 1 atom stereocenters. The number of sulfonamides is 1. The lowest BCUT2D eigenvalue weighted by Gasteiger charge is -2.33. The van der Waals surface area contributed by atoms with E-state index in [1.807, 2.05) is 13.0 Å². The zero-order valence-corrected chi connectivity index (χ0v) is 22.7. The van der Waals surface area contributed by atoms with Gasteiger partial charge < -0.3 is 19.2 Å². The van der Waals surface area contributed by atoms with Gasteiger partial charge in [-0.25, -0.2) is 26.9 Å². The number of carboxylic acids is 1. The summed E-state index contributed by atoms with van der Waals surface area (Å²) in [5.74, 6) is -2.36. The van der Waals surface area contributed by atoms with Crippen molar-refractivity contribution >= 4 is 21.9 Å². The number of nitrogens with one attached hydrogen (secondary N) is 1. The third-order valence-electron chi connectivity index (χ3n) is 6.34. The minimum atomic E-state index is -5.19. The zero-order chi connectivity index (χ0) is 30.7. The Morgan fingerprint density at radius 2 is 1.93 bits per heavy atom. The van der Waals surface area contributed by atoms with Crippen molar-refractivity contribution in [2.75, 3.05) is 17.9 Å². The van der Waals surface area contributed by atoms with Crippen molar-refractivity contribution in [2.24, 2.45) is 0 Å². The van der Waals surface area contributed by atoms with Gasteiger partial charge in [-0.05, 0) is 54.6 Å². The zero-order valence-electron chi connectivity index (χ0n) is 21.8. The molecule has 18 heteroatoms. The highest BCUT2D eigenvalue weighted by Gasteiger charge is 2.31. The number of aliphatic carboxylic acids is 1. The number of fused-ring (bicyclic) bond motifs is 1. The standard InChI is InChI=1S/C22H24F2N6O4S.C2HF3O2/c1-13(18-9-26-20(10-25-18)33-12-19(23)24)30-7-6-14-4-5-17(8-16(14)11-30)35(31,32)29-22-27-21(34-28-22)15-2-3-15;3-2(4,5)1(6)7/h4-5,8-10,13,15,19H,2-3,6-7,11-12H2,1H3,(H,28,29);(H,6,7)/p-1/t13-;/m1./s1. The van der Waals surface area contributed by atoms with Crippen LogP contribution >= 0.6 is 0 Å². The van der Waals surface area contributed by atoms with E-state index in [0.29, 0.717) is 18.1 Å². The van der Waals surface area contributed by atoms with Crippen LogP contribution in [0.2, 0.25) is 0 Å². The molecule has 0 amide bonds. The van der Waals surface area contributed by atoms with Gasteiger partial charge in [0.05, 0.1) is 29.0 Å². The lowest BCUT2D eigenvalue weighted by Crippen LogP contribution is -2.37. The highest BCUT2D eigenvalue weighted by molar-refractivity contribution is 7.92. The first-order chi connectivity index (χ1) is 19.7. The van der Waals surface area contributed by atoms with Gasteiger partial charge in [-0.15, -0.1) is 0 Å². The maximum Gasteiger partial charge on any atom is 0.430 e. The highest BCUT2D eigenvalue weighted by atomic mass is 32.2. The Balaban J connectivity index is 0.000000517. The molecule has 1 N–H and O–H groups in total. The molecule has 0 spiro atoms. The average Bonchev–Trinajstić information content (AvgIpc) is 3.69. The first-order valence-corrected chi connectivity index (χ1v) is 13.9. The van der Waals surface area contributed by atoms with Gasteiger partial charge in [-0.1, -0.05) is 6.07 Å². The van der Waals surface area contributed by atoms with Crippen molar-refractivity contribution in [2.45, 2.75) is 62.2 Å². The van der Waals surface area contributed by atoms with Crippen LogP contribution in [0.4, 0.5) is 27.9 Å². The van der Waals surface area contributed by atoms with Gasteiger partial charge in [0.1, 0.15) is 5.97 Å². The fourth-order valence-electron chi connectivity index (χ4n) is 3.96. The topological polar surface area (TPSA) is 163 Å². The second-order valence-electron chi connectivity index (χ2n) is 9.43. The maximum absolute atomic E-state index is 12.9. The van der Waals surface area contributed by atoms with Crippen molar-refractivity contribution in [3.8, 4) is 5.88 Å². The number of halogens is 5. The smallest absolute Gasteiger partial charge is 0.430 e. The number of rotatable bonds is 9. The van der Waals surface area contributed by atoms with E-state index in [2.05, 4.69) is 29.7 Å². The molecule has 12 nitrogen and oxygen atoms in total. The quantitative estimate of drug-likeness (QED) is 0.350. The molecule has 3 heterocycles. The Hall–Kier alpha value is -3.93. The summed E-state index contributed by atoms with van der Waals surface area (Å²) in [7, 11) is -3.89. The van der Waals surface area contributed by atoms with E-state index in [0.717, 1.165) is 36.9 Å². The number of hydrogen-bond donors (Lipinski definition) is 1. The van der Waals surface area contributed by atoms with Crippen molar-refractivity contribution < 1.29 is 49.5 Å². The van der Waals surface area contributed by atoms with Crippen molar-refractivity contribution in [3.63, 3.8) is 0 Å². The molecule has 0 bridgehead atoms. The molecule has 5 rings (SSSR count). The molecule has 0 unspecified atom stereocenters. The normalized spacial score (nSPS) is 16.3. The summed E-state index contributed by atoms with van der Waals surface area (Å²) in [5.41, 5.74) is 2.62. The number of carbonyl (C=O) groups excluding carboxylic acids is 1. The third-order valence-corrected chi connectivity index (χ3v) is 7.66. The Morgan fingerprint density at radius 3 is 2.52 bits per heavy atom. The number of carboxylic acid groups (broad SMARTS) is 1. The van der Waals surface area contributed by atoms with Crippen LogP contribution in [0.15, 0.2) is 40.0 Å². The monoisotopic (exact) mass is 619 g/mol. The number of carbonyl (C=O) groups is 1. The van der Waals surface area contributed by atoms with E-state index < -0.39 is 35.2 Å². The van der Waals surface area contributed by atoms with E-state index in [-0.39, 0.29) is 28.7 Å². The minimum absolute atomic E-state index is 0.0402. The predicted molar refractivity (Wildman–Crippen MR) is 131 cm³/mol. The van der Waals surface area contributed by atoms with Crippen LogP contribution in [-0.4, -0.2) is 65.1 Å². The molecule has 1 fully saturated rings. The van der Waals surface area contributed by atoms with Gasteiger partial charge >= 0.3 is 6.18 Å². The Kier molecular flexibility index (Phi) is 9.24. The summed E-state index contributed by atoms with van der Waals surface area (Å²) in [4.78, 5) is 23.5. The number of benzene rings is 1. The molecule has 1 aromatic carbocycles. The Labute approximate surface area is 236 Å². The SMILES string of the molecule is C[C@H](c1cnc(OCC(F)F)cn1)N1CCc2ccc(S(=O)(=O)Nc3noc(C4CC4)n3)cc2C1.O=C([O-])C(F)(F)F. The van der Waals surface area contributed by atoms with Gasteiger partial charge in [0.15, 0.2) is 6.61 Å². The summed E-state index contributed by atoms with van der Waals surface area (Å²) in [6, 6.07) is 4.93. The van der Waals surface area contributed by atoms with E-state index >= 15 is 0 Å². The maximum atomic E-state index is 12.9. The van der Waals surface area contributed by atoms with Gasteiger partial charge in [0.25, 0.3) is 22.4 Å². The summed E-state index contributed by atoms with van der Waals surface area (Å²) in [6.07, 6.45) is -2.26. The van der Waals surface area contributed by atoms with E-state index in [9.17, 15) is 30.4 Å². The Bertz CT molecular complexity index is 1500. The fraction of sp³-hybridized carbons (Fsp3) is 0.458. The number of anilines is 1. The van der Waals surface area contributed by atoms with Crippen LogP contribution in [-0.2, 0) is 27.8 Å². The van der Waals surface area contributed by atoms with Crippen LogP contribution in [0.25, 0.3) is 0 Å². The molecule has 42 heavy (non-hydrogen) atoms.